The second kappa shape index (κ2) is 14.4. The van der Waals surface area contributed by atoms with Crippen LogP contribution < -0.4 is 10.2 Å². The molecule has 0 aliphatic rings. The summed E-state index contributed by atoms with van der Waals surface area (Å²) in [6.07, 6.45) is 4.24. The van der Waals surface area contributed by atoms with Crippen molar-refractivity contribution in [2.75, 3.05) is 0 Å². The number of hydrogen-bond donors (Lipinski definition) is 0. The molecular weight excluding hydrogens is 220 g/mol. The number of rotatable bonds is 6. The molecule has 0 radical (unpaired) electrons. The Morgan fingerprint density at radius 1 is 1.31 bits per heavy atom. The van der Waals surface area contributed by atoms with Crippen molar-refractivity contribution in [2.45, 2.75) is 39.5 Å². The number of carboxylic acid groups (broad SMARTS) is 2. The second-order valence-corrected chi connectivity index (χ2v) is 3.09. The molecule has 0 spiro atoms. The number of hydrogen-bond acceptors (Lipinski definition) is 4. The van der Waals surface area contributed by atoms with E-state index < -0.39 is 11.9 Å². The van der Waals surface area contributed by atoms with E-state index in [1.165, 1.54) is 0 Å². The molecule has 5 heteroatoms. The van der Waals surface area contributed by atoms with Crippen LogP contribution in [0.4, 0.5) is 0 Å². The zero-order chi connectivity index (χ0) is 12.3. The minimum atomic E-state index is -1.23. The van der Waals surface area contributed by atoms with E-state index in [2.05, 4.69) is 13.5 Å². The predicted molar refractivity (Wildman–Crippen MR) is 59.3 cm³/mol. The smallest absolute Gasteiger partial charge is 0.550 e. The van der Waals surface area contributed by atoms with Crippen molar-refractivity contribution < 1.29 is 19.8 Å². The van der Waals surface area contributed by atoms with Crippen LogP contribution in [0.3, 0.4) is 0 Å². The van der Waals surface area contributed by atoms with Crippen LogP contribution in [0.2, 0.25) is 0 Å². The van der Waals surface area contributed by atoms with Gasteiger partial charge in [-0.05, 0) is 24.8 Å². The fourth-order valence-electron chi connectivity index (χ4n) is 0.939. The van der Waals surface area contributed by atoms with Gasteiger partial charge in [-0.2, -0.15) is 0 Å². The summed E-state index contributed by atoms with van der Waals surface area (Å²) in [4.78, 5) is 19.5. The topological polar surface area (TPSA) is 80.3 Å². The van der Waals surface area contributed by atoms with Crippen molar-refractivity contribution >= 4 is 35.0 Å². The minimum Gasteiger partial charge on any atom is -0.550 e. The van der Waals surface area contributed by atoms with Crippen LogP contribution in [0.1, 0.15) is 39.5 Å². The molecule has 88 valence electrons. The molecule has 0 bridgehead atoms. The molecule has 0 saturated heterocycles. The summed E-state index contributed by atoms with van der Waals surface area (Å²) in [5, 5.41) is 19.5. The molecule has 1 unspecified atom stereocenters. The Balaban J connectivity index is -0.000000242. The van der Waals surface area contributed by atoms with E-state index in [1.807, 2.05) is 6.92 Å². The first kappa shape index (κ1) is 20.8. The van der Waals surface area contributed by atoms with Crippen molar-refractivity contribution in [3.63, 3.8) is 0 Å². The van der Waals surface area contributed by atoms with Gasteiger partial charge in [-0.15, -0.1) is 0 Å². The molecule has 0 rings (SSSR count). The summed E-state index contributed by atoms with van der Waals surface area (Å²) in [5.41, 5.74) is 0. The number of unbranched alkanes of at least 4 members (excludes halogenated alkanes) is 1. The van der Waals surface area contributed by atoms with Gasteiger partial charge in [0.2, 0.25) is 0 Å². The summed E-state index contributed by atoms with van der Waals surface area (Å²) in [5.74, 6) is -2.35. The van der Waals surface area contributed by atoms with Gasteiger partial charge in [0, 0.05) is 5.97 Å². The molecule has 16 heavy (non-hydrogen) atoms. The van der Waals surface area contributed by atoms with Crippen molar-refractivity contribution in [3.8, 4) is 0 Å². The molecule has 0 heterocycles. The first-order valence-electron chi connectivity index (χ1n) is 5.03. The first-order chi connectivity index (χ1) is 6.99. The zero-order valence-corrected chi connectivity index (χ0v) is 11.4. The molecule has 0 aromatic rings. The Morgan fingerprint density at radius 3 is 1.94 bits per heavy atom. The van der Waals surface area contributed by atoms with Crippen LogP contribution in [-0.2, 0) is 9.59 Å². The van der Waals surface area contributed by atoms with Crippen molar-refractivity contribution in [3.05, 3.63) is 12.7 Å². The van der Waals surface area contributed by atoms with Gasteiger partial charge < -0.3 is 19.8 Å². The monoisotopic (exact) mass is 238 g/mol. The number of carboxylic acids is 2. The van der Waals surface area contributed by atoms with Crippen molar-refractivity contribution in [1.29, 1.82) is 0 Å². The average Bonchev–Trinajstić information content (AvgIpc) is 2.19. The number of carbonyl (C=O) groups excluding carboxylic acids is 2. The van der Waals surface area contributed by atoms with Crippen LogP contribution in [-0.4, -0.2) is 35.0 Å². The summed E-state index contributed by atoms with van der Waals surface area (Å²) in [6.45, 7) is 6.84. The second-order valence-electron chi connectivity index (χ2n) is 3.09. The quantitative estimate of drug-likeness (QED) is 0.461. The maximum absolute atomic E-state index is 10.3. The molecule has 4 nitrogen and oxygen atoms in total. The Morgan fingerprint density at radius 2 is 1.75 bits per heavy atom. The van der Waals surface area contributed by atoms with E-state index in [0.29, 0.717) is 6.42 Å². The molecule has 0 saturated carbocycles. The van der Waals surface area contributed by atoms with E-state index in [-0.39, 0.29) is 29.0 Å². The van der Waals surface area contributed by atoms with Crippen LogP contribution in [0.5, 0.6) is 0 Å². The van der Waals surface area contributed by atoms with Gasteiger partial charge in [-0.1, -0.05) is 33.3 Å². The van der Waals surface area contributed by atoms with Gasteiger partial charge >= 0.3 is 23.1 Å². The van der Waals surface area contributed by atoms with Crippen LogP contribution in [0.25, 0.3) is 0 Å². The summed E-state index contributed by atoms with van der Waals surface area (Å²) in [6, 6.07) is 0. The first-order valence-corrected chi connectivity index (χ1v) is 5.03. The zero-order valence-electron chi connectivity index (χ0n) is 10.0. The Labute approximate surface area is 113 Å². The van der Waals surface area contributed by atoms with Gasteiger partial charge in [-0.25, -0.2) is 0 Å². The standard InChI is InChI=1S/C8H16O2.C3H4O2.Mg/c1-3-5-6-7(4-2)8(9)10;1-2-3(4)5;/h7H,3-6H2,1-2H3,(H,9,10);2H,1H2,(H,4,5);/q;;+2/p-2. The van der Waals surface area contributed by atoms with Gasteiger partial charge in [0.25, 0.3) is 0 Å². The van der Waals surface area contributed by atoms with Crippen LogP contribution in [0, 0.1) is 5.92 Å². The van der Waals surface area contributed by atoms with Crippen LogP contribution in [0.15, 0.2) is 12.7 Å². The number of aliphatic carboxylic acids is 2. The summed E-state index contributed by atoms with van der Waals surface area (Å²) < 4.78 is 0. The molecule has 0 aliphatic heterocycles. The molecular formula is C11H18MgO4. The van der Waals surface area contributed by atoms with Crippen LogP contribution >= 0.6 is 0 Å². The van der Waals surface area contributed by atoms with E-state index in [0.717, 1.165) is 25.3 Å². The fraction of sp³-hybridized carbons (Fsp3) is 0.636. The van der Waals surface area contributed by atoms with Gasteiger partial charge in [0.05, 0.1) is 5.97 Å². The summed E-state index contributed by atoms with van der Waals surface area (Å²) in [7, 11) is 0. The average molecular weight is 239 g/mol. The van der Waals surface area contributed by atoms with Gasteiger partial charge in [0.1, 0.15) is 0 Å². The third-order valence-electron chi connectivity index (χ3n) is 1.90. The van der Waals surface area contributed by atoms with Gasteiger partial charge in [0.15, 0.2) is 0 Å². The van der Waals surface area contributed by atoms with Crippen molar-refractivity contribution in [2.24, 2.45) is 5.92 Å². The molecule has 0 aromatic carbocycles. The number of carbonyl (C=O) groups is 2. The van der Waals surface area contributed by atoms with Gasteiger partial charge in [-0.3, -0.25) is 0 Å². The third-order valence-corrected chi connectivity index (χ3v) is 1.90. The Kier molecular flexibility index (Phi) is 18.8. The Hall–Kier alpha value is -0.554. The maximum Gasteiger partial charge on any atom is 2.00 e. The predicted octanol–water partition coefficient (Wildman–Crippen LogP) is -0.506. The maximum atomic E-state index is 10.3. The Bertz CT molecular complexity index is 204. The third kappa shape index (κ3) is 15.9. The van der Waals surface area contributed by atoms with E-state index in [1.54, 1.807) is 0 Å². The normalized spacial score (nSPS) is 10.1. The van der Waals surface area contributed by atoms with E-state index in [4.69, 9.17) is 9.90 Å². The van der Waals surface area contributed by atoms with E-state index >= 15 is 0 Å². The van der Waals surface area contributed by atoms with E-state index in [9.17, 15) is 9.90 Å². The molecule has 0 aromatic heterocycles. The van der Waals surface area contributed by atoms with Crippen molar-refractivity contribution in [1.82, 2.24) is 0 Å². The largest absolute Gasteiger partial charge is 2.00 e. The molecule has 0 aliphatic carbocycles. The molecule has 1 atom stereocenters. The molecule has 0 N–H and O–H groups in total. The SMILES string of the molecule is C=CC(=O)[O-].CCCCC(CC)C(=O)[O-].[Mg+2]. The molecule has 0 fully saturated rings. The summed E-state index contributed by atoms with van der Waals surface area (Å²) >= 11 is 0. The minimum absolute atomic E-state index is 0. The fourth-order valence-corrected chi connectivity index (χ4v) is 0.939. The molecule has 0 amide bonds.